The third-order valence-corrected chi connectivity index (χ3v) is 5.63. The Labute approximate surface area is 92.9 Å². The minimum atomic E-state index is -3.36. The molecule has 1 saturated heterocycles. The van der Waals surface area contributed by atoms with E-state index in [1.807, 2.05) is 11.8 Å². The van der Waals surface area contributed by atoms with Crippen molar-refractivity contribution in [3.63, 3.8) is 0 Å². The zero-order valence-electron chi connectivity index (χ0n) is 7.60. The number of nitrogens with one attached hydrogen (secondary N) is 1. The summed E-state index contributed by atoms with van der Waals surface area (Å²) in [4.78, 5) is 0. The van der Waals surface area contributed by atoms with Gasteiger partial charge in [-0.25, -0.2) is 13.1 Å². The summed E-state index contributed by atoms with van der Waals surface area (Å²) in [6.07, 6.45) is 0. The molecule has 14 heavy (non-hydrogen) atoms. The Morgan fingerprint density at radius 1 is 1.50 bits per heavy atom. The van der Waals surface area contributed by atoms with Crippen LogP contribution in [0.25, 0.3) is 0 Å². The van der Waals surface area contributed by atoms with Gasteiger partial charge in [0.2, 0.25) is 10.0 Å². The van der Waals surface area contributed by atoms with E-state index in [0.29, 0.717) is 11.8 Å². The third kappa shape index (κ3) is 4.55. The molecule has 1 fully saturated rings. The van der Waals surface area contributed by atoms with E-state index in [1.165, 1.54) is 0 Å². The summed E-state index contributed by atoms with van der Waals surface area (Å²) in [5, 5.41) is 8.61. The molecular weight excluding hydrogens is 240 g/mol. The van der Waals surface area contributed by atoms with Crippen molar-refractivity contribution in [3.05, 3.63) is 0 Å². The topological polar surface area (TPSA) is 70.0 Å². The van der Waals surface area contributed by atoms with Crippen molar-refractivity contribution in [1.29, 1.82) is 5.26 Å². The van der Waals surface area contributed by atoms with Crippen LogP contribution in [0.2, 0.25) is 0 Å². The lowest BCUT2D eigenvalue weighted by Crippen LogP contribution is -2.34. The van der Waals surface area contributed by atoms with Crippen LogP contribution in [0, 0.1) is 11.3 Å². The first-order valence-electron chi connectivity index (χ1n) is 4.18. The van der Waals surface area contributed by atoms with E-state index in [9.17, 15) is 8.42 Å². The van der Waals surface area contributed by atoms with Gasteiger partial charge in [-0.05, 0) is 0 Å². The second-order valence-electron chi connectivity index (χ2n) is 2.83. The fourth-order valence-electron chi connectivity index (χ4n) is 1.01. The van der Waals surface area contributed by atoms with Gasteiger partial charge in [-0.15, -0.1) is 0 Å². The molecule has 0 aliphatic carbocycles. The average molecular weight is 252 g/mol. The molecule has 0 saturated carbocycles. The molecule has 0 spiro atoms. The van der Waals surface area contributed by atoms with Crippen LogP contribution in [0.15, 0.2) is 0 Å². The van der Waals surface area contributed by atoms with Gasteiger partial charge in [0.15, 0.2) is 5.75 Å². The van der Waals surface area contributed by atoms with Gasteiger partial charge in [-0.1, -0.05) is 0 Å². The number of hydrogen-bond donors (Lipinski definition) is 1. The molecule has 1 heterocycles. The molecule has 1 atom stereocenters. The van der Waals surface area contributed by atoms with Crippen LogP contribution in [0.3, 0.4) is 0 Å². The van der Waals surface area contributed by atoms with Crippen LogP contribution < -0.4 is 4.72 Å². The summed E-state index contributed by atoms with van der Waals surface area (Å²) in [6, 6.07) is 1.63. The molecule has 4 nitrogen and oxygen atoms in total. The molecule has 0 aromatic carbocycles. The number of sulfonamides is 1. The van der Waals surface area contributed by atoms with Gasteiger partial charge in [-0.3, -0.25) is 0 Å². The van der Waals surface area contributed by atoms with Gasteiger partial charge < -0.3 is 0 Å². The maximum atomic E-state index is 11.1. The summed E-state index contributed by atoms with van der Waals surface area (Å²) in [6.45, 7) is 0.446. The van der Waals surface area contributed by atoms with E-state index < -0.39 is 15.8 Å². The molecule has 0 aromatic rings. The molecule has 80 valence electrons. The molecule has 0 amide bonds. The number of thioether (sulfide) groups is 2. The number of nitrogens with zero attached hydrogens (tertiary/aromatic N) is 1. The Morgan fingerprint density at radius 3 is 2.86 bits per heavy atom. The van der Waals surface area contributed by atoms with Gasteiger partial charge in [0.05, 0.1) is 6.07 Å². The summed E-state index contributed by atoms with van der Waals surface area (Å²) < 4.78 is 24.7. The summed E-state index contributed by atoms with van der Waals surface area (Å²) in [7, 11) is -3.36. The highest BCUT2D eigenvalue weighted by Gasteiger charge is 2.17. The van der Waals surface area contributed by atoms with Crippen LogP contribution in [-0.4, -0.2) is 43.2 Å². The molecule has 1 aliphatic heterocycles. The third-order valence-electron chi connectivity index (χ3n) is 1.67. The maximum Gasteiger partial charge on any atom is 0.225 e. The fourth-order valence-corrected chi connectivity index (χ4v) is 4.45. The van der Waals surface area contributed by atoms with Crippen molar-refractivity contribution in [2.45, 2.75) is 5.25 Å². The Kier molecular flexibility index (Phi) is 5.09. The van der Waals surface area contributed by atoms with Gasteiger partial charge >= 0.3 is 0 Å². The second kappa shape index (κ2) is 5.85. The van der Waals surface area contributed by atoms with Gasteiger partial charge in [0.1, 0.15) is 0 Å². The first-order chi connectivity index (χ1) is 6.64. The van der Waals surface area contributed by atoms with Crippen molar-refractivity contribution in [2.75, 3.05) is 29.6 Å². The van der Waals surface area contributed by atoms with E-state index in [4.69, 9.17) is 5.26 Å². The summed E-state index contributed by atoms with van der Waals surface area (Å²) in [5.41, 5.74) is 0. The van der Waals surface area contributed by atoms with Crippen LogP contribution in [0.4, 0.5) is 0 Å². The van der Waals surface area contributed by atoms with Gasteiger partial charge in [0, 0.05) is 29.1 Å². The monoisotopic (exact) mass is 252 g/mol. The van der Waals surface area contributed by atoms with E-state index >= 15 is 0 Å². The number of hydrogen-bond acceptors (Lipinski definition) is 5. The molecule has 0 aromatic heterocycles. The van der Waals surface area contributed by atoms with Crippen molar-refractivity contribution in [1.82, 2.24) is 4.72 Å². The lowest BCUT2D eigenvalue weighted by Gasteiger charge is -2.20. The predicted molar refractivity (Wildman–Crippen MR) is 61.0 cm³/mol. The normalized spacial score (nSPS) is 22.9. The molecule has 1 rings (SSSR count). The Morgan fingerprint density at radius 2 is 2.29 bits per heavy atom. The lowest BCUT2D eigenvalue weighted by molar-refractivity contribution is 0.585. The lowest BCUT2D eigenvalue weighted by atomic mass is 10.5. The van der Waals surface area contributed by atoms with Crippen molar-refractivity contribution >= 4 is 33.5 Å². The molecular formula is C7H12N2O2S3. The van der Waals surface area contributed by atoms with Gasteiger partial charge in [-0.2, -0.15) is 28.8 Å². The van der Waals surface area contributed by atoms with Crippen molar-refractivity contribution in [2.24, 2.45) is 0 Å². The number of nitriles is 1. The zero-order valence-corrected chi connectivity index (χ0v) is 10.1. The first kappa shape index (κ1) is 12.2. The van der Waals surface area contributed by atoms with Crippen LogP contribution in [0.5, 0.6) is 0 Å². The molecule has 1 unspecified atom stereocenters. The van der Waals surface area contributed by atoms with Crippen LogP contribution in [-0.2, 0) is 10.0 Å². The van der Waals surface area contributed by atoms with E-state index in [0.717, 1.165) is 17.3 Å². The van der Waals surface area contributed by atoms with Gasteiger partial charge in [0.25, 0.3) is 0 Å². The fraction of sp³-hybridized carbons (Fsp3) is 0.857. The van der Waals surface area contributed by atoms with E-state index in [2.05, 4.69) is 4.72 Å². The Balaban J connectivity index is 2.29. The molecule has 0 bridgehead atoms. The largest absolute Gasteiger partial charge is 0.225 e. The number of rotatable bonds is 4. The highest BCUT2D eigenvalue weighted by atomic mass is 32.2. The minimum absolute atomic E-state index is 0.349. The standard InChI is InChI=1S/C7H12N2O2S3/c8-1-4-14(10,11)9-5-7-6-12-2-3-13-7/h7,9H,2-6H2. The maximum absolute atomic E-state index is 11.1. The Bertz CT molecular complexity index is 303. The smallest absolute Gasteiger partial charge is 0.213 e. The molecule has 1 aliphatic rings. The van der Waals surface area contributed by atoms with E-state index in [1.54, 1.807) is 17.8 Å². The predicted octanol–water partition coefficient (Wildman–Crippen LogP) is 0.278. The zero-order chi connectivity index (χ0) is 10.4. The summed E-state index contributed by atoms with van der Waals surface area (Å²) in [5.74, 6) is 2.76. The molecule has 0 radical (unpaired) electrons. The first-order valence-corrected chi connectivity index (χ1v) is 8.03. The van der Waals surface area contributed by atoms with Crippen LogP contribution in [0.1, 0.15) is 0 Å². The quantitative estimate of drug-likeness (QED) is 0.778. The van der Waals surface area contributed by atoms with E-state index in [-0.39, 0.29) is 0 Å². The van der Waals surface area contributed by atoms with Crippen molar-refractivity contribution in [3.8, 4) is 6.07 Å². The highest BCUT2D eigenvalue weighted by molar-refractivity contribution is 8.06. The Hall–Kier alpha value is 0.1000. The highest BCUT2D eigenvalue weighted by Crippen LogP contribution is 2.23. The summed E-state index contributed by atoms with van der Waals surface area (Å²) >= 11 is 3.64. The second-order valence-corrected chi connectivity index (χ2v) is 7.20. The van der Waals surface area contributed by atoms with Crippen molar-refractivity contribution < 1.29 is 8.42 Å². The average Bonchev–Trinajstić information content (AvgIpc) is 2.17. The minimum Gasteiger partial charge on any atom is -0.213 e. The SMILES string of the molecule is N#CCS(=O)(=O)NCC1CSCCS1. The van der Waals surface area contributed by atoms with Crippen LogP contribution >= 0.6 is 23.5 Å². The molecule has 7 heteroatoms. The molecule has 1 N–H and O–H groups in total.